The Bertz CT molecular complexity index is 443. The summed E-state index contributed by atoms with van der Waals surface area (Å²) in [7, 11) is 3.99. The Morgan fingerprint density at radius 2 is 1.95 bits per heavy atom. The van der Waals surface area contributed by atoms with Gasteiger partial charge in [0.05, 0.1) is 5.92 Å². The van der Waals surface area contributed by atoms with Crippen LogP contribution in [0.5, 0.6) is 5.75 Å². The number of halogens is 2. The molecule has 128 valence electrons. The molecule has 0 spiro atoms. The van der Waals surface area contributed by atoms with Gasteiger partial charge in [0.2, 0.25) is 5.91 Å². The molecule has 5 nitrogen and oxygen atoms in total. The number of ether oxygens (including phenoxy) is 1. The number of carbonyl (C=O) groups is 1. The van der Waals surface area contributed by atoms with E-state index >= 15 is 0 Å². The van der Waals surface area contributed by atoms with Gasteiger partial charge in [0, 0.05) is 24.3 Å². The van der Waals surface area contributed by atoms with E-state index in [0.29, 0.717) is 6.61 Å². The molecule has 0 aromatic heterocycles. The lowest BCUT2D eigenvalue weighted by Gasteiger charge is -2.16. The zero-order valence-electron chi connectivity index (χ0n) is 13.5. The van der Waals surface area contributed by atoms with E-state index in [1.807, 2.05) is 52.2 Å². The van der Waals surface area contributed by atoms with Gasteiger partial charge >= 0.3 is 0 Å². The van der Waals surface area contributed by atoms with Crippen molar-refractivity contribution in [2.45, 2.75) is 19.9 Å². The molecule has 7 heteroatoms. The van der Waals surface area contributed by atoms with Crippen molar-refractivity contribution in [2.24, 2.45) is 11.7 Å². The molecule has 22 heavy (non-hydrogen) atoms. The summed E-state index contributed by atoms with van der Waals surface area (Å²) in [6.07, 6.45) is 0. The number of carbonyl (C=O) groups excluding carboxylic acids is 1. The minimum atomic E-state index is -0.228. The monoisotopic (exact) mass is 351 g/mol. The van der Waals surface area contributed by atoms with E-state index in [1.54, 1.807) is 0 Å². The molecule has 0 aliphatic heterocycles. The van der Waals surface area contributed by atoms with Crippen molar-refractivity contribution in [1.29, 1.82) is 0 Å². The third-order valence-corrected chi connectivity index (χ3v) is 3.11. The van der Waals surface area contributed by atoms with Crippen LogP contribution in [0, 0.1) is 5.92 Å². The Morgan fingerprint density at radius 1 is 1.32 bits per heavy atom. The molecule has 2 atom stereocenters. The predicted molar refractivity (Wildman–Crippen MR) is 96.4 cm³/mol. The largest absolute Gasteiger partial charge is 0.492 e. The second-order valence-corrected chi connectivity index (χ2v) is 5.32. The summed E-state index contributed by atoms with van der Waals surface area (Å²) in [6, 6.07) is 7.22. The van der Waals surface area contributed by atoms with Crippen LogP contribution < -0.4 is 15.8 Å². The summed E-state index contributed by atoms with van der Waals surface area (Å²) in [4.78, 5) is 14.0. The number of amides is 1. The molecule has 1 aromatic rings. The first-order valence-corrected chi connectivity index (χ1v) is 6.84. The zero-order chi connectivity index (χ0) is 15.1. The van der Waals surface area contributed by atoms with Crippen molar-refractivity contribution in [2.75, 3.05) is 32.6 Å². The molecule has 1 amide bonds. The van der Waals surface area contributed by atoms with Crippen LogP contribution in [0.15, 0.2) is 24.3 Å². The van der Waals surface area contributed by atoms with E-state index < -0.39 is 0 Å². The van der Waals surface area contributed by atoms with Crippen LogP contribution in [0.4, 0.5) is 5.69 Å². The fourth-order valence-corrected chi connectivity index (χ4v) is 1.50. The van der Waals surface area contributed by atoms with Crippen LogP contribution in [0.2, 0.25) is 0 Å². The van der Waals surface area contributed by atoms with Crippen LogP contribution in [-0.4, -0.2) is 44.1 Å². The number of benzene rings is 1. The number of anilines is 1. The fraction of sp³-hybridized carbons (Fsp3) is 0.533. The fourth-order valence-electron chi connectivity index (χ4n) is 1.50. The van der Waals surface area contributed by atoms with Gasteiger partial charge in [-0.25, -0.2) is 0 Å². The van der Waals surface area contributed by atoms with Gasteiger partial charge < -0.3 is 20.7 Å². The van der Waals surface area contributed by atoms with E-state index in [1.165, 1.54) is 0 Å². The van der Waals surface area contributed by atoms with Gasteiger partial charge in [-0.3, -0.25) is 4.79 Å². The number of nitrogens with two attached hydrogens (primary N) is 1. The van der Waals surface area contributed by atoms with Crippen molar-refractivity contribution >= 4 is 36.4 Å². The highest BCUT2D eigenvalue weighted by atomic mass is 35.5. The van der Waals surface area contributed by atoms with Gasteiger partial charge in [-0.1, -0.05) is 13.0 Å². The minimum Gasteiger partial charge on any atom is -0.492 e. The molecule has 3 N–H and O–H groups in total. The second-order valence-electron chi connectivity index (χ2n) is 5.32. The van der Waals surface area contributed by atoms with Gasteiger partial charge in [0.15, 0.2) is 0 Å². The Kier molecular flexibility index (Phi) is 12.2. The van der Waals surface area contributed by atoms with Crippen molar-refractivity contribution in [3.05, 3.63) is 24.3 Å². The van der Waals surface area contributed by atoms with E-state index in [4.69, 9.17) is 10.5 Å². The van der Waals surface area contributed by atoms with E-state index in [0.717, 1.165) is 18.0 Å². The second kappa shape index (κ2) is 11.5. The SMILES string of the molecule is CC(N)C(C)C(=O)Nc1cccc(OCCN(C)C)c1.Cl.Cl. The van der Waals surface area contributed by atoms with Crippen LogP contribution >= 0.6 is 24.8 Å². The lowest BCUT2D eigenvalue weighted by Crippen LogP contribution is -2.34. The van der Waals surface area contributed by atoms with E-state index in [2.05, 4.69) is 10.2 Å². The number of hydrogen-bond donors (Lipinski definition) is 2. The summed E-state index contributed by atoms with van der Waals surface area (Å²) < 4.78 is 5.63. The average molecular weight is 352 g/mol. The van der Waals surface area contributed by atoms with E-state index in [-0.39, 0.29) is 42.7 Å². The van der Waals surface area contributed by atoms with Crippen molar-refractivity contribution < 1.29 is 9.53 Å². The molecular formula is C15H27Cl2N3O2. The maximum atomic E-state index is 11.9. The van der Waals surface area contributed by atoms with Crippen LogP contribution in [0.1, 0.15) is 13.8 Å². The Balaban J connectivity index is 0. The molecule has 1 aromatic carbocycles. The number of nitrogens with zero attached hydrogens (tertiary/aromatic N) is 1. The van der Waals surface area contributed by atoms with Gasteiger partial charge in [0.25, 0.3) is 0 Å². The average Bonchev–Trinajstić information content (AvgIpc) is 2.37. The standard InChI is InChI=1S/C15H25N3O2.2ClH/c1-11(12(2)16)15(19)17-13-6-5-7-14(10-13)20-9-8-18(3)4;;/h5-7,10-12H,8-9,16H2,1-4H3,(H,17,19);2*1H. The van der Waals surface area contributed by atoms with Gasteiger partial charge in [-0.05, 0) is 33.2 Å². The summed E-state index contributed by atoms with van der Waals surface area (Å²) in [5.41, 5.74) is 6.45. The normalized spacial score (nSPS) is 12.6. The molecule has 0 aliphatic rings. The third-order valence-electron chi connectivity index (χ3n) is 3.11. The van der Waals surface area contributed by atoms with Crippen LogP contribution in [0.3, 0.4) is 0 Å². The molecular weight excluding hydrogens is 325 g/mol. The summed E-state index contributed by atoms with van der Waals surface area (Å²) in [5.74, 6) is 0.442. The first kappa shape index (κ1) is 23.3. The Morgan fingerprint density at radius 3 is 2.50 bits per heavy atom. The van der Waals surface area contributed by atoms with Crippen molar-refractivity contribution in [3.8, 4) is 5.75 Å². The topological polar surface area (TPSA) is 67.6 Å². The maximum absolute atomic E-state index is 11.9. The number of rotatable bonds is 7. The quantitative estimate of drug-likeness (QED) is 0.791. The highest BCUT2D eigenvalue weighted by Crippen LogP contribution is 2.18. The lowest BCUT2D eigenvalue weighted by atomic mass is 10.0. The zero-order valence-corrected chi connectivity index (χ0v) is 15.2. The van der Waals surface area contributed by atoms with E-state index in [9.17, 15) is 4.79 Å². The summed E-state index contributed by atoms with van der Waals surface area (Å²) >= 11 is 0. The molecule has 0 bridgehead atoms. The third kappa shape index (κ3) is 8.44. The smallest absolute Gasteiger partial charge is 0.228 e. The van der Waals surface area contributed by atoms with Gasteiger partial charge in [-0.15, -0.1) is 24.8 Å². The van der Waals surface area contributed by atoms with Gasteiger partial charge in [-0.2, -0.15) is 0 Å². The first-order valence-electron chi connectivity index (χ1n) is 6.84. The number of likely N-dealkylation sites (N-methyl/N-ethyl adjacent to an activating group) is 1. The molecule has 0 saturated carbocycles. The van der Waals surface area contributed by atoms with Crippen molar-refractivity contribution in [1.82, 2.24) is 4.90 Å². The maximum Gasteiger partial charge on any atom is 0.228 e. The van der Waals surface area contributed by atoms with Crippen molar-refractivity contribution in [3.63, 3.8) is 0 Å². The summed E-state index contributed by atoms with van der Waals surface area (Å²) in [5, 5.41) is 2.85. The molecule has 2 unspecified atom stereocenters. The molecule has 1 rings (SSSR count). The minimum absolute atomic E-state index is 0. The van der Waals surface area contributed by atoms with Crippen LogP contribution in [0.25, 0.3) is 0 Å². The highest BCUT2D eigenvalue weighted by molar-refractivity contribution is 5.92. The highest BCUT2D eigenvalue weighted by Gasteiger charge is 2.17. The lowest BCUT2D eigenvalue weighted by molar-refractivity contribution is -0.119. The summed E-state index contributed by atoms with van der Waals surface area (Å²) in [6.45, 7) is 5.10. The van der Waals surface area contributed by atoms with Crippen LogP contribution in [-0.2, 0) is 4.79 Å². The molecule has 0 fully saturated rings. The van der Waals surface area contributed by atoms with Gasteiger partial charge in [0.1, 0.15) is 12.4 Å². The molecule has 0 saturated heterocycles. The molecule has 0 heterocycles. The Labute approximate surface area is 145 Å². The predicted octanol–water partition coefficient (Wildman–Crippen LogP) is 2.39. The Hall–Kier alpha value is -1.01. The molecule has 0 radical (unpaired) electrons. The number of nitrogens with one attached hydrogen (secondary N) is 1. The number of hydrogen-bond acceptors (Lipinski definition) is 4. The molecule has 0 aliphatic carbocycles. The first-order chi connectivity index (χ1) is 9.40.